The molecule has 0 bridgehead atoms. The van der Waals surface area contributed by atoms with Crippen molar-refractivity contribution in [3.05, 3.63) is 28.7 Å². The molecule has 1 heterocycles. The van der Waals surface area contributed by atoms with Gasteiger partial charge >= 0.3 is 0 Å². The SMILES string of the molecule is C=CCCNc1ncncc1I. The van der Waals surface area contributed by atoms with Crippen LogP contribution in [-0.4, -0.2) is 16.5 Å². The molecule has 12 heavy (non-hydrogen) atoms. The van der Waals surface area contributed by atoms with Crippen LogP contribution in [0.3, 0.4) is 0 Å². The van der Waals surface area contributed by atoms with Crippen LogP contribution in [0.25, 0.3) is 0 Å². The van der Waals surface area contributed by atoms with Crippen molar-refractivity contribution >= 4 is 28.4 Å². The molecular formula is C8H10IN3. The number of hydrogen-bond donors (Lipinski definition) is 1. The largest absolute Gasteiger partial charge is 0.369 e. The fraction of sp³-hybridized carbons (Fsp3) is 0.250. The Morgan fingerprint density at radius 1 is 1.67 bits per heavy atom. The Kier molecular flexibility index (Phi) is 3.99. The number of nitrogens with one attached hydrogen (secondary N) is 1. The Balaban J connectivity index is 2.51. The third-order valence-electron chi connectivity index (χ3n) is 1.31. The number of hydrogen-bond acceptors (Lipinski definition) is 3. The van der Waals surface area contributed by atoms with Gasteiger partial charge in [0.25, 0.3) is 0 Å². The van der Waals surface area contributed by atoms with Crippen LogP contribution in [0.2, 0.25) is 0 Å². The maximum Gasteiger partial charge on any atom is 0.142 e. The Morgan fingerprint density at radius 3 is 3.17 bits per heavy atom. The first-order valence-corrected chi connectivity index (χ1v) is 4.72. The van der Waals surface area contributed by atoms with Crippen molar-refractivity contribution in [2.45, 2.75) is 6.42 Å². The average molecular weight is 275 g/mol. The molecule has 1 aromatic rings. The van der Waals surface area contributed by atoms with Crippen LogP contribution < -0.4 is 5.32 Å². The minimum absolute atomic E-state index is 0.872. The van der Waals surface area contributed by atoms with E-state index in [2.05, 4.69) is 44.5 Å². The molecule has 0 saturated heterocycles. The van der Waals surface area contributed by atoms with Gasteiger partial charge in [0.15, 0.2) is 0 Å². The second-order valence-electron chi connectivity index (χ2n) is 2.22. The highest BCUT2D eigenvalue weighted by molar-refractivity contribution is 14.1. The third-order valence-corrected chi connectivity index (χ3v) is 2.10. The summed E-state index contributed by atoms with van der Waals surface area (Å²) in [5.74, 6) is 0.896. The van der Waals surface area contributed by atoms with Crippen LogP contribution in [-0.2, 0) is 0 Å². The number of halogens is 1. The standard InChI is InChI=1S/C8H10IN3/c1-2-3-4-11-8-7(9)5-10-6-12-8/h2,5-6H,1,3-4H2,(H,10,11,12). The summed E-state index contributed by atoms with van der Waals surface area (Å²) < 4.78 is 1.04. The van der Waals surface area contributed by atoms with Crippen molar-refractivity contribution in [3.8, 4) is 0 Å². The van der Waals surface area contributed by atoms with Crippen molar-refractivity contribution < 1.29 is 0 Å². The van der Waals surface area contributed by atoms with E-state index in [0.29, 0.717) is 0 Å². The van der Waals surface area contributed by atoms with E-state index in [4.69, 9.17) is 0 Å². The summed E-state index contributed by atoms with van der Waals surface area (Å²) in [5.41, 5.74) is 0. The van der Waals surface area contributed by atoms with Gasteiger partial charge in [0.1, 0.15) is 12.1 Å². The molecule has 1 aromatic heterocycles. The van der Waals surface area contributed by atoms with E-state index in [0.717, 1.165) is 22.4 Å². The van der Waals surface area contributed by atoms with Crippen LogP contribution >= 0.6 is 22.6 Å². The van der Waals surface area contributed by atoms with Gasteiger partial charge in [-0.25, -0.2) is 9.97 Å². The summed E-state index contributed by atoms with van der Waals surface area (Å²) in [6.45, 7) is 4.51. The predicted molar refractivity (Wildman–Crippen MR) is 58.1 cm³/mol. The highest BCUT2D eigenvalue weighted by Gasteiger charge is 1.97. The molecular weight excluding hydrogens is 265 g/mol. The first-order chi connectivity index (χ1) is 5.84. The molecule has 4 heteroatoms. The van der Waals surface area contributed by atoms with E-state index in [1.807, 2.05) is 6.08 Å². The van der Waals surface area contributed by atoms with Gasteiger partial charge in [-0.1, -0.05) is 6.08 Å². The summed E-state index contributed by atoms with van der Waals surface area (Å²) >= 11 is 2.20. The van der Waals surface area contributed by atoms with Crippen molar-refractivity contribution in [1.82, 2.24) is 9.97 Å². The topological polar surface area (TPSA) is 37.8 Å². The van der Waals surface area contributed by atoms with Gasteiger partial charge in [-0.3, -0.25) is 0 Å². The minimum Gasteiger partial charge on any atom is -0.369 e. The molecule has 0 amide bonds. The molecule has 1 rings (SSSR count). The Hall–Kier alpha value is -0.650. The van der Waals surface area contributed by atoms with E-state index in [1.54, 1.807) is 12.5 Å². The fourth-order valence-corrected chi connectivity index (χ4v) is 1.23. The zero-order chi connectivity index (χ0) is 8.81. The fourth-order valence-electron chi connectivity index (χ4n) is 0.735. The zero-order valence-corrected chi connectivity index (χ0v) is 8.78. The van der Waals surface area contributed by atoms with Gasteiger partial charge in [-0.05, 0) is 29.0 Å². The monoisotopic (exact) mass is 275 g/mol. The van der Waals surface area contributed by atoms with Crippen LogP contribution in [0.15, 0.2) is 25.2 Å². The van der Waals surface area contributed by atoms with E-state index in [1.165, 1.54) is 0 Å². The first-order valence-electron chi connectivity index (χ1n) is 3.65. The van der Waals surface area contributed by atoms with Gasteiger partial charge in [0, 0.05) is 12.7 Å². The molecule has 0 saturated carbocycles. The lowest BCUT2D eigenvalue weighted by molar-refractivity contribution is 1.03. The lowest BCUT2D eigenvalue weighted by Crippen LogP contribution is -2.03. The summed E-state index contributed by atoms with van der Waals surface area (Å²) in [6.07, 6.45) is 6.14. The molecule has 0 unspecified atom stereocenters. The van der Waals surface area contributed by atoms with E-state index in [9.17, 15) is 0 Å². The summed E-state index contributed by atoms with van der Waals surface area (Å²) in [4.78, 5) is 7.98. The maximum absolute atomic E-state index is 4.09. The lowest BCUT2D eigenvalue weighted by atomic mass is 10.4. The molecule has 1 N–H and O–H groups in total. The van der Waals surface area contributed by atoms with Crippen LogP contribution in [0.4, 0.5) is 5.82 Å². The molecule has 0 fully saturated rings. The van der Waals surface area contributed by atoms with Crippen molar-refractivity contribution in [1.29, 1.82) is 0 Å². The molecule has 0 aliphatic carbocycles. The van der Waals surface area contributed by atoms with E-state index >= 15 is 0 Å². The van der Waals surface area contributed by atoms with Crippen LogP contribution in [0, 0.1) is 3.57 Å². The van der Waals surface area contributed by atoms with Crippen LogP contribution in [0.1, 0.15) is 6.42 Å². The lowest BCUT2D eigenvalue weighted by Gasteiger charge is -2.03. The molecule has 0 spiro atoms. The number of nitrogens with zero attached hydrogens (tertiary/aromatic N) is 2. The number of anilines is 1. The summed E-state index contributed by atoms with van der Waals surface area (Å²) in [7, 11) is 0. The quantitative estimate of drug-likeness (QED) is 0.519. The average Bonchev–Trinajstić information content (AvgIpc) is 2.09. The predicted octanol–water partition coefficient (Wildman–Crippen LogP) is 2.07. The number of rotatable bonds is 4. The van der Waals surface area contributed by atoms with Gasteiger partial charge < -0.3 is 5.32 Å². The van der Waals surface area contributed by atoms with Gasteiger partial charge in [-0.15, -0.1) is 6.58 Å². The third kappa shape index (κ3) is 2.77. The van der Waals surface area contributed by atoms with Crippen LogP contribution in [0.5, 0.6) is 0 Å². The molecule has 3 nitrogen and oxygen atoms in total. The van der Waals surface area contributed by atoms with Gasteiger partial charge in [0.05, 0.1) is 3.57 Å². The Bertz CT molecular complexity index is 262. The molecule has 64 valence electrons. The molecule has 0 aliphatic rings. The zero-order valence-electron chi connectivity index (χ0n) is 6.63. The summed E-state index contributed by atoms with van der Waals surface area (Å²) in [5, 5.41) is 3.18. The molecule has 0 atom stereocenters. The van der Waals surface area contributed by atoms with Gasteiger partial charge in [0.2, 0.25) is 0 Å². The number of aromatic nitrogens is 2. The Labute approximate surface area is 85.5 Å². The van der Waals surface area contributed by atoms with E-state index in [-0.39, 0.29) is 0 Å². The minimum atomic E-state index is 0.872. The normalized spacial score (nSPS) is 9.42. The van der Waals surface area contributed by atoms with E-state index < -0.39 is 0 Å². The van der Waals surface area contributed by atoms with Crippen molar-refractivity contribution in [2.24, 2.45) is 0 Å². The Morgan fingerprint density at radius 2 is 2.50 bits per heavy atom. The summed E-state index contributed by atoms with van der Waals surface area (Å²) in [6, 6.07) is 0. The van der Waals surface area contributed by atoms with Gasteiger partial charge in [-0.2, -0.15) is 0 Å². The maximum atomic E-state index is 4.09. The molecule has 0 aromatic carbocycles. The molecule has 0 radical (unpaired) electrons. The highest BCUT2D eigenvalue weighted by Crippen LogP contribution is 2.11. The highest BCUT2D eigenvalue weighted by atomic mass is 127. The second kappa shape index (κ2) is 5.08. The first kappa shape index (κ1) is 9.44. The smallest absolute Gasteiger partial charge is 0.142 e. The second-order valence-corrected chi connectivity index (χ2v) is 3.39. The van der Waals surface area contributed by atoms with Crippen molar-refractivity contribution in [3.63, 3.8) is 0 Å². The van der Waals surface area contributed by atoms with Crippen molar-refractivity contribution in [2.75, 3.05) is 11.9 Å². The molecule has 0 aliphatic heterocycles.